The first-order chi connectivity index (χ1) is 11.1. The van der Waals surface area contributed by atoms with Crippen LogP contribution in [0.25, 0.3) is 22.4 Å². The number of nitrogens with one attached hydrogen (secondary N) is 1. The maximum atomic E-state index is 12.3. The topological polar surface area (TPSA) is 82.7 Å². The van der Waals surface area contributed by atoms with Gasteiger partial charge in [-0.1, -0.05) is 42.0 Å². The van der Waals surface area contributed by atoms with Gasteiger partial charge in [0.25, 0.3) is 5.56 Å². The maximum Gasteiger partial charge on any atom is 0.266 e. The second-order valence-electron chi connectivity index (χ2n) is 5.40. The molecule has 3 rings (SSSR count). The molecule has 0 fully saturated rings. The zero-order valence-electron chi connectivity index (χ0n) is 12.6. The van der Waals surface area contributed by atoms with E-state index in [1.165, 1.54) is 0 Å². The van der Waals surface area contributed by atoms with Crippen LogP contribution in [0.5, 0.6) is 0 Å². The largest absolute Gasteiger partial charge is 0.399 e. The maximum absolute atomic E-state index is 12.3. The molecule has 23 heavy (non-hydrogen) atoms. The van der Waals surface area contributed by atoms with Crippen LogP contribution in [0, 0.1) is 18.3 Å². The summed E-state index contributed by atoms with van der Waals surface area (Å²) < 4.78 is 0. The Bertz CT molecular complexity index is 963. The van der Waals surface area contributed by atoms with Crippen molar-refractivity contribution in [3.63, 3.8) is 0 Å². The minimum Gasteiger partial charge on any atom is -0.399 e. The van der Waals surface area contributed by atoms with E-state index in [1.54, 1.807) is 12.1 Å². The monoisotopic (exact) mass is 301 g/mol. The normalized spacial score (nSPS) is 10.3. The Morgan fingerprint density at radius 3 is 2.43 bits per heavy atom. The number of H-pyrrole nitrogens is 1. The van der Waals surface area contributed by atoms with Crippen LogP contribution in [-0.4, -0.2) is 4.98 Å². The Morgan fingerprint density at radius 1 is 1.04 bits per heavy atom. The van der Waals surface area contributed by atoms with Crippen molar-refractivity contribution in [3.8, 4) is 28.5 Å². The number of nitrogens with two attached hydrogens (primary N) is 1. The first-order valence-corrected chi connectivity index (χ1v) is 7.19. The number of benzene rings is 2. The van der Waals surface area contributed by atoms with Crippen LogP contribution in [0.2, 0.25) is 0 Å². The van der Waals surface area contributed by atoms with Crippen molar-refractivity contribution < 1.29 is 0 Å². The highest BCUT2D eigenvalue weighted by molar-refractivity contribution is 5.75. The van der Waals surface area contributed by atoms with Gasteiger partial charge in [0.15, 0.2) is 0 Å². The summed E-state index contributed by atoms with van der Waals surface area (Å²) in [6.07, 6.45) is 0. The third kappa shape index (κ3) is 2.85. The number of pyridine rings is 1. The van der Waals surface area contributed by atoms with E-state index in [-0.39, 0.29) is 5.56 Å². The average Bonchev–Trinajstić information content (AvgIpc) is 2.55. The Morgan fingerprint density at radius 2 is 1.78 bits per heavy atom. The molecule has 0 saturated heterocycles. The molecular weight excluding hydrogens is 286 g/mol. The van der Waals surface area contributed by atoms with E-state index in [9.17, 15) is 10.1 Å². The molecule has 4 heteroatoms. The lowest BCUT2D eigenvalue weighted by Gasteiger charge is -2.09. The molecule has 3 aromatic rings. The molecule has 0 amide bonds. The first-order valence-electron chi connectivity index (χ1n) is 7.19. The van der Waals surface area contributed by atoms with Crippen LogP contribution < -0.4 is 11.3 Å². The summed E-state index contributed by atoms with van der Waals surface area (Å²) in [6, 6.07) is 18.8. The van der Waals surface area contributed by atoms with Crippen molar-refractivity contribution >= 4 is 5.69 Å². The number of rotatable bonds is 2. The fourth-order valence-corrected chi connectivity index (χ4v) is 2.53. The summed E-state index contributed by atoms with van der Waals surface area (Å²) in [6.45, 7) is 1.98. The highest BCUT2D eigenvalue weighted by Crippen LogP contribution is 2.27. The molecule has 0 aliphatic carbocycles. The Labute approximate surface area is 133 Å². The molecule has 0 unspecified atom stereocenters. The Balaban J connectivity index is 2.24. The third-order valence-corrected chi connectivity index (χ3v) is 3.70. The smallest absolute Gasteiger partial charge is 0.266 e. The third-order valence-electron chi connectivity index (χ3n) is 3.70. The Hall–Kier alpha value is -3.32. The molecule has 0 spiro atoms. The van der Waals surface area contributed by atoms with Gasteiger partial charge in [-0.15, -0.1) is 0 Å². The number of nitrogens with zero attached hydrogens (tertiary/aromatic N) is 1. The number of aromatic amines is 1. The van der Waals surface area contributed by atoms with E-state index < -0.39 is 5.56 Å². The number of hydrogen-bond acceptors (Lipinski definition) is 3. The van der Waals surface area contributed by atoms with Crippen molar-refractivity contribution in [2.24, 2.45) is 0 Å². The molecule has 0 atom stereocenters. The van der Waals surface area contributed by atoms with Crippen molar-refractivity contribution in [1.29, 1.82) is 5.26 Å². The van der Waals surface area contributed by atoms with Crippen LogP contribution in [0.1, 0.15) is 11.1 Å². The van der Waals surface area contributed by atoms with E-state index in [0.717, 1.165) is 16.7 Å². The summed E-state index contributed by atoms with van der Waals surface area (Å²) in [7, 11) is 0. The lowest BCUT2D eigenvalue weighted by molar-refractivity contribution is 1.22. The van der Waals surface area contributed by atoms with Gasteiger partial charge in [-0.3, -0.25) is 4.79 Å². The Kier molecular flexibility index (Phi) is 3.70. The first kappa shape index (κ1) is 14.6. The molecule has 0 aliphatic heterocycles. The number of nitriles is 1. The summed E-state index contributed by atoms with van der Waals surface area (Å²) in [4.78, 5) is 15.1. The van der Waals surface area contributed by atoms with Gasteiger partial charge in [-0.25, -0.2) is 0 Å². The van der Waals surface area contributed by atoms with Crippen molar-refractivity contribution in [1.82, 2.24) is 4.98 Å². The number of aromatic nitrogens is 1. The fraction of sp³-hybridized carbons (Fsp3) is 0.0526. The SMILES string of the molecule is Cc1cccc(-c2cc(-c3ccc(N)cc3)[nH]c(=O)c2C#N)c1. The predicted octanol–water partition coefficient (Wildman–Crippen LogP) is 3.47. The molecule has 0 aliphatic rings. The molecule has 2 aromatic carbocycles. The lowest BCUT2D eigenvalue weighted by Crippen LogP contribution is -2.12. The van der Waals surface area contributed by atoms with Crippen molar-refractivity contribution in [3.05, 3.63) is 76.1 Å². The van der Waals surface area contributed by atoms with E-state index in [2.05, 4.69) is 4.98 Å². The number of hydrogen-bond donors (Lipinski definition) is 2. The molecule has 0 saturated carbocycles. The van der Waals surface area contributed by atoms with E-state index in [1.807, 2.05) is 55.5 Å². The summed E-state index contributed by atoms with van der Waals surface area (Å²) in [5.74, 6) is 0. The number of aryl methyl sites for hydroxylation is 1. The second kappa shape index (κ2) is 5.82. The van der Waals surface area contributed by atoms with Gasteiger partial charge in [0.05, 0.1) is 0 Å². The molecule has 0 bridgehead atoms. The highest BCUT2D eigenvalue weighted by atomic mass is 16.1. The van der Waals surface area contributed by atoms with Crippen molar-refractivity contribution in [2.75, 3.05) is 5.73 Å². The quantitative estimate of drug-likeness (QED) is 0.711. The van der Waals surface area contributed by atoms with Gasteiger partial charge in [-0.2, -0.15) is 5.26 Å². The number of nitrogen functional groups attached to an aromatic ring is 1. The average molecular weight is 301 g/mol. The standard InChI is InChI=1S/C19H15N3O/c1-12-3-2-4-14(9-12)16-10-18(22-19(23)17(16)11-20)13-5-7-15(21)8-6-13/h2-10H,21H2,1H3,(H,22,23). The van der Waals surface area contributed by atoms with Gasteiger partial charge in [-0.05, 0) is 36.2 Å². The molecule has 3 N–H and O–H groups in total. The van der Waals surface area contributed by atoms with E-state index in [4.69, 9.17) is 5.73 Å². The van der Waals surface area contributed by atoms with Crippen LogP contribution >= 0.6 is 0 Å². The second-order valence-corrected chi connectivity index (χ2v) is 5.40. The van der Waals surface area contributed by atoms with Gasteiger partial charge in [0.1, 0.15) is 11.6 Å². The summed E-state index contributed by atoms with van der Waals surface area (Å²) in [5, 5.41) is 9.34. The van der Waals surface area contributed by atoms with Crippen LogP contribution in [0.15, 0.2) is 59.4 Å². The molecule has 1 heterocycles. The van der Waals surface area contributed by atoms with Crippen LogP contribution in [0.3, 0.4) is 0 Å². The molecule has 4 nitrogen and oxygen atoms in total. The minimum atomic E-state index is -0.390. The van der Waals surface area contributed by atoms with E-state index in [0.29, 0.717) is 16.9 Å². The molecule has 112 valence electrons. The highest BCUT2D eigenvalue weighted by Gasteiger charge is 2.12. The van der Waals surface area contributed by atoms with Gasteiger partial charge in [0.2, 0.25) is 0 Å². The number of anilines is 1. The van der Waals surface area contributed by atoms with Gasteiger partial charge in [0, 0.05) is 16.9 Å². The van der Waals surface area contributed by atoms with Gasteiger partial charge >= 0.3 is 0 Å². The van der Waals surface area contributed by atoms with Crippen LogP contribution in [-0.2, 0) is 0 Å². The lowest BCUT2D eigenvalue weighted by atomic mass is 9.98. The van der Waals surface area contributed by atoms with E-state index >= 15 is 0 Å². The van der Waals surface area contributed by atoms with Gasteiger partial charge < -0.3 is 10.7 Å². The minimum absolute atomic E-state index is 0.120. The zero-order chi connectivity index (χ0) is 16.4. The van der Waals surface area contributed by atoms with Crippen LogP contribution in [0.4, 0.5) is 5.69 Å². The molecular formula is C19H15N3O. The predicted molar refractivity (Wildman–Crippen MR) is 91.8 cm³/mol. The fourth-order valence-electron chi connectivity index (χ4n) is 2.53. The summed E-state index contributed by atoms with van der Waals surface area (Å²) in [5.41, 5.74) is 10.1. The molecule has 1 aromatic heterocycles. The zero-order valence-corrected chi connectivity index (χ0v) is 12.6. The molecule has 0 radical (unpaired) electrons. The van der Waals surface area contributed by atoms with Crippen molar-refractivity contribution in [2.45, 2.75) is 6.92 Å². The summed E-state index contributed by atoms with van der Waals surface area (Å²) >= 11 is 0.